The Morgan fingerprint density at radius 3 is 2.62 bits per heavy atom. The van der Waals surface area contributed by atoms with Gasteiger partial charge in [0, 0.05) is 18.7 Å². The highest BCUT2D eigenvalue weighted by atomic mass is 19.1. The molecule has 2 amide bonds. The number of carbonyl (C=O) groups excluding carboxylic acids is 2. The van der Waals surface area contributed by atoms with Gasteiger partial charge in [-0.1, -0.05) is 18.9 Å². The van der Waals surface area contributed by atoms with E-state index < -0.39 is 5.54 Å². The van der Waals surface area contributed by atoms with E-state index in [1.54, 1.807) is 24.0 Å². The summed E-state index contributed by atoms with van der Waals surface area (Å²) in [6, 6.07) is 4.79. The Morgan fingerprint density at radius 1 is 1.24 bits per heavy atom. The minimum atomic E-state index is -0.783. The normalized spacial score (nSPS) is 21.5. The van der Waals surface area contributed by atoms with E-state index in [0.717, 1.165) is 12.8 Å². The number of hydrogen-bond donors (Lipinski definition) is 1. The van der Waals surface area contributed by atoms with E-state index in [1.807, 2.05) is 0 Å². The molecule has 4 nitrogen and oxygen atoms in total. The number of benzene rings is 1. The Kier molecular flexibility index (Phi) is 3.43. The van der Waals surface area contributed by atoms with Crippen LogP contribution in [-0.4, -0.2) is 23.9 Å². The molecule has 2 fully saturated rings. The Bertz CT molecular complexity index is 594. The number of carbonyl (C=O) groups is 2. The van der Waals surface area contributed by atoms with Gasteiger partial charge in [0.2, 0.25) is 5.91 Å². The fourth-order valence-corrected chi connectivity index (χ4v) is 3.27. The van der Waals surface area contributed by atoms with Crippen LogP contribution < -0.4 is 10.2 Å². The van der Waals surface area contributed by atoms with Crippen molar-refractivity contribution in [3.8, 4) is 0 Å². The predicted octanol–water partition coefficient (Wildman–Crippen LogP) is 2.30. The zero-order chi connectivity index (χ0) is 15.0. The third-order valence-electron chi connectivity index (χ3n) is 4.52. The lowest BCUT2D eigenvalue weighted by Crippen LogP contribution is -2.55. The summed E-state index contributed by atoms with van der Waals surface area (Å²) in [6.07, 6.45) is 3.46. The summed E-state index contributed by atoms with van der Waals surface area (Å²) in [4.78, 5) is 26.4. The molecule has 1 spiro atoms. The lowest BCUT2D eigenvalue weighted by molar-refractivity contribution is -0.129. The summed E-state index contributed by atoms with van der Waals surface area (Å²) < 4.78 is 13.8. The fraction of sp³-hybridized carbons (Fsp3) is 0.500. The van der Waals surface area contributed by atoms with Crippen molar-refractivity contribution < 1.29 is 14.0 Å². The number of hydrogen-bond acceptors (Lipinski definition) is 2. The highest BCUT2D eigenvalue weighted by Gasteiger charge is 2.46. The Labute approximate surface area is 123 Å². The molecule has 1 heterocycles. The average molecular weight is 290 g/mol. The topological polar surface area (TPSA) is 49.4 Å². The van der Waals surface area contributed by atoms with Gasteiger partial charge in [-0.2, -0.15) is 0 Å². The van der Waals surface area contributed by atoms with Gasteiger partial charge in [0.05, 0.1) is 0 Å². The van der Waals surface area contributed by atoms with Gasteiger partial charge in [0.15, 0.2) is 0 Å². The number of amides is 2. The van der Waals surface area contributed by atoms with E-state index in [0.29, 0.717) is 30.6 Å². The van der Waals surface area contributed by atoms with Crippen molar-refractivity contribution in [2.45, 2.75) is 44.6 Å². The van der Waals surface area contributed by atoms with E-state index in [4.69, 9.17) is 0 Å². The van der Waals surface area contributed by atoms with Crippen molar-refractivity contribution >= 4 is 17.5 Å². The van der Waals surface area contributed by atoms with Gasteiger partial charge in [0.1, 0.15) is 11.4 Å². The molecule has 2 aliphatic rings. The van der Waals surface area contributed by atoms with Gasteiger partial charge >= 0.3 is 0 Å². The molecule has 1 saturated carbocycles. The van der Waals surface area contributed by atoms with Crippen LogP contribution in [-0.2, 0) is 9.59 Å². The summed E-state index contributed by atoms with van der Waals surface area (Å²) in [7, 11) is 0. The summed E-state index contributed by atoms with van der Waals surface area (Å²) in [5, 5.41) is 2.91. The maximum absolute atomic E-state index is 13.8. The fourth-order valence-electron chi connectivity index (χ4n) is 3.27. The molecule has 0 atom stereocenters. The molecule has 1 aliphatic carbocycles. The zero-order valence-corrected chi connectivity index (χ0v) is 12.1. The average Bonchev–Trinajstić information content (AvgIpc) is 2.87. The van der Waals surface area contributed by atoms with Gasteiger partial charge in [0.25, 0.3) is 5.91 Å². The summed E-state index contributed by atoms with van der Waals surface area (Å²) in [5.41, 5.74) is 0.297. The molecule has 1 saturated heterocycles. The van der Waals surface area contributed by atoms with Gasteiger partial charge in [-0.25, -0.2) is 4.39 Å². The molecular formula is C16H19FN2O2. The van der Waals surface area contributed by atoms with Gasteiger partial charge < -0.3 is 10.2 Å². The van der Waals surface area contributed by atoms with Gasteiger partial charge in [-0.15, -0.1) is 0 Å². The number of nitrogens with zero attached hydrogens (tertiary/aromatic N) is 1. The minimum absolute atomic E-state index is 0.0969. The van der Waals surface area contributed by atoms with Crippen molar-refractivity contribution in [2.24, 2.45) is 0 Å². The molecule has 112 valence electrons. The molecule has 1 aliphatic heterocycles. The monoisotopic (exact) mass is 290 g/mol. The van der Waals surface area contributed by atoms with Crippen LogP contribution in [0, 0.1) is 12.7 Å². The van der Waals surface area contributed by atoms with Crippen molar-refractivity contribution in [1.29, 1.82) is 0 Å². The molecule has 1 aromatic carbocycles. The van der Waals surface area contributed by atoms with Crippen LogP contribution in [0.3, 0.4) is 0 Å². The quantitative estimate of drug-likeness (QED) is 0.863. The Hall–Kier alpha value is -1.91. The summed E-state index contributed by atoms with van der Waals surface area (Å²) in [5.74, 6) is -0.529. The zero-order valence-electron chi connectivity index (χ0n) is 12.1. The lowest BCUT2D eigenvalue weighted by atomic mass is 9.95. The van der Waals surface area contributed by atoms with E-state index >= 15 is 0 Å². The molecule has 0 unspecified atom stereocenters. The van der Waals surface area contributed by atoms with E-state index in [9.17, 15) is 14.0 Å². The Balaban J connectivity index is 1.98. The third kappa shape index (κ3) is 2.41. The first-order chi connectivity index (χ1) is 10.0. The number of halogens is 1. The van der Waals surface area contributed by atoms with Crippen LogP contribution in [0.15, 0.2) is 18.2 Å². The van der Waals surface area contributed by atoms with E-state index in [-0.39, 0.29) is 24.1 Å². The van der Waals surface area contributed by atoms with Crippen molar-refractivity contribution in [3.05, 3.63) is 29.6 Å². The molecule has 0 aromatic heterocycles. The van der Waals surface area contributed by atoms with Crippen LogP contribution in [0.1, 0.15) is 37.7 Å². The predicted molar refractivity (Wildman–Crippen MR) is 77.4 cm³/mol. The number of anilines is 1. The van der Waals surface area contributed by atoms with Crippen LogP contribution in [0.5, 0.6) is 0 Å². The lowest BCUT2D eigenvalue weighted by Gasteiger charge is -2.31. The van der Waals surface area contributed by atoms with E-state index in [1.165, 1.54) is 6.07 Å². The highest BCUT2D eigenvalue weighted by Crippen LogP contribution is 2.34. The largest absolute Gasteiger partial charge is 0.342 e. The minimum Gasteiger partial charge on any atom is -0.342 e. The molecule has 0 bridgehead atoms. The molecular weight excluding hydrogens is 271 g/mol. The SMILES string of the molecule is Cc1ccc(N2CCC(=O)NC3(CCCC3)C2=O)cc1F. The first-order valence-electron chi connectivity index (χ1n) is 7.41. The molecule has 1 aromatic rings. The van der Waals surface area contributed by atoms with Gasteiger partial charge in [-0.05, 0) is 37.5 Å². The number of nitrogens with one attached hydrogen (secondary N) is 1. The second-order valence-corrected chi connectivity index (χ2v) is 5.98. The maximum atomic E-state index is 13.8. The van der Waals surface area contributed by atoms with Crippen LogP contribution >= 0.6 is 0 Å². The molecule has 5 heteroatoms. The first kappa shape index (κ1) is 14.0. The summed E-state index contributed by atoms with van der Waals surface area (Å²) >= 11 is 0. The van der Waals surface area contributed by atoms with Crippen molar-refractivity contribution in [1.82, 2.24) is 5.32 Å². The molecule has 21 heavy (non-hydrogen) atoms. The van der Waals surface area contributed by atoms with Crippen molar-refractivity contribution in [3.63, 3.8) is 0 Å². The third-order valence-corrected chi connectivity index (χ3v) is 4.52. The Morgan fingerprint density at radius 2 is 1.95 bits per heavy atom. The second kappa shape index (κ2) is 5.13. The second-order valence-electron chi connectivity index (χ2n) is 5.98. The number of aryl methyl sites for hydroxylation is 1. The van der Waals surface area contributed by atoms with Crippen molar-refractivity contribution in [2.75, 3.05) is 11.4 Å². The molecule has 3 rings (SSSR count). The van der Waals surface area contributed by atoms with Crippen LogP contribution in [0.4, 0.5) is 10.1 Å². The molecule has 1 N–H and O–H groups in total. The number of rotatable bonds is 1. The summed E-state index contributed by atoms with van der Waals surface area (Å²) in [6.45, 7) is 1.99. The maximum Gasteiger partial charge on any atom is 0.252 e. The standard InChI is InChI=1S/C16H19FN2O2/c1-11-4-5-12(10-13(11)17)19-9-6-14(20)18-16(15(19)21)7-2-3-8-16/h4-5,10H,2-3,6-9H2,1H3,(H,18,20). The highest BCUT2D eigenvalue weighted by molar-refractivity contribution is 6.04. The first-order valence-corrected chi connectivity index (χ1v) is 7.41. The molecule has 0 radical (unpaired) electrons. The smallest absolute Gasteiger partial charge is 0.252 e. The van der Waals surface area contributed by atoms with E-state index in [2.05, 4.69) is 5.32 Å². The van der Waals surface area contributed by atoms with Crippen LogP contribution in [0.2, 0.25) is 0 Å². The van der Waals surface area contributed by atoms with Crippen LogP contribution in [0.25, 0.3) is 0 Å². The van der Waals surface area contributed by atoms with Gasteiger partial charge in [-0.3, -0.25) is 9.59 Å².